The molecule has 0 saturated carbocycles. The highest BCUT2D eigenvalue weighted by Gasteiger charge is 2.45. The van der Waals surface area contributed by atoms with Crippen LogP contribution in [0.3, 0.4) is 0 Å². The van der Waals surface area contributed by atoms with Crippen LogP contribution in [-0.2, 0) is 0 Å². The summed E-state index contributed by atoms with van der Waals surface area (Å²) in [6.07, 6.45) is -0.274. The van der Waals surface area contributed by atoms with Gasteiger partial charge in [-0.15, -0.1) is 0 Å². The maximum absolute atomic E-state index is 13.3. The molecule has 0 aliphatic rings. The summed E-state index contributed by atoms with van der Waals surface area (Å²) < 4.78 is 26.7. The Hall–Kier alpha value is -0.180. The van der Waals surface area contributed by atoms with E-state index in [4.69, 9.17) is 5.73 Å². The minimum Gasteiger partial charge on any atom is -0.325 e. The minimum atomic E-state index is -2.70. The summed E-state index contributed by atoms with van der Waals surface area (Å²) in [6, 6.07) is 0. The molecule has 0 fully saturated rings. The quantitative estimate of drug-likeness (QED) is 0.693. The molecular weight excluding hydrogens is 160 g/mol. The van der Waals surface area contributed by atoms with Crippen molar-refractivity contribution in [3.8, 4) is 0 Å². The Morgan fingerprint density at radius 3 is 1.42 bits per heavy atom. The van der Waals surface area contributed by atoms with Crippen molar-refractivity contribution in [2.45, 2.75) is 52.5 Å². The van der Waals surface area contributed by atoms with Crippen LogP contribution in [0.2, 0.25) is 0 Å². The van der Waals surface area contributed by atoms with Gasteiger partial charge in [0, 0.05) is 17.4 Å². The number of hydrogen-bond acceptors (Lipinski definition) is 1. The Labute approximate surface area is 73.3 Å². The smallest absolute Gasteiger partial charge is 0.254 e. The lowest BCUT2D eigenvalue weighted by Crippen LogP contribution is -2.45. The fourth-order valence-corrected chi connectivity index (χ4v) is 0.837. The summed E-state index contributed by atoms with van der Waals surface area (Å²) in [5, 5.41) is 0. The van der Waals surface area contributed by atoms with Gasteiger partial charge < -0.3 is 5.73 Å². The molecule has 0 unspecified atom stereocenters. The van der Waals surface area contributed by atoms with E-state index >= 15 is 0 Å². The maximum atomic E-state index is 13.3. The van der Waals surface area contributed by atoms with E-state index in [2.05, 4.69) is 0 Å². The molecule has 0 saturated heterocycles. The number of halogens is 2. The molecule has 0 aliphatic carbocycles. The van der Waals surface area contributed by atoms with Crippen LogP contribution < -0.4 is 5.73 Å². The highest BCUT2D eigenvalue weighted by molar-refractivity contribution is 4.89. The second kappa shape index (κ2) is 2.95. The Morgan fingerprint density at radius 2 is 1.33 bits per heavy atom. The molecular formula is C9H19F2N. The number of hydrogen-bond donors (Lipinski definition) is 1. The van der Waals surface area contributed by atoms with E-state index in [9.17, 15) is 8.78 Å². The van der Waals surface area contributed by atoms with Crippen LogP contribution in [-0.4, -0.2) is 11.5 Å². The topological polar surface area (TPSA) is 26.0 Å². The molecule has 0 bridgehead atoms. The maximum Gasteiger partial charge on any atom is 0.254 e. The van der Waals surface area contributed by atoms with E-state index in [1.807, 2.05) is 0 Å². The largest absolute Gasteiger partial charge is 0.325 e. The van der Waals surface area contributed by atoms with Crippen molar-refractivity contribution in [1.29, 1.82) is 0 Å². The van der Waals surface area contributed by atoms with Crippen molar-refractivity contribution in [1.82, 2.24) is 0 Å². The Morgan fingerprint density at radius 1 is 1.00 bits per heavy atom. The Balaban J connectivity index is 4.44. The van der Waals surface area contributed by atoms with Crippen molar-refractivity contribution in [3.63, 3.8) is 0 Å². The van der Waals surface area contributed by atoms with E-state index in [-0.39, 0.29) is 6.42 Å². The third-order valence-electron chi connectivity index (χ3n) is 1.77. The van der Waals surface area contributed by atoms with Crippen LogP contribution in [0.15, 0.2) is 0 Å². The first kappa shape index (κ1) is 11.8. The fourth-order valence-electron chi connectivity index (χ4n) is 0.837. The second-order valence-corrected chi connectivity index (χ2v) is 5.12. The van der Waals surface area contributed by atoms with Gasteiger partial charge in [-0.1, -0.05) is 20.8 Å². The summed E-state index contributed by atoms with van der Waals surface area (Å²) in [5.41, 5.74) is 3.72. The van der Waals surface area contributed by atoms with Crippen LogP contribution >= 0.6 is 0 Å². The fraction of sp³-hybridized carbons (Fsp3) is 1.00. The number of alkyl halides is 2. The van der Waals surface area contributed by atoms with Crippen molar-refractivity contribution in [2.75, 3.05) is 0 Å². The minimum absolute atomic E-state index is 0.274. The first-order chi connectivity index (χ1) is 4.96. The van der Waals surface area contributed by atoms with E-state index in [1.54, 1.807) is 13.8 Å². The zero-order valence-electron chi connectivity index (χ0n) is 8.54. The van der Waals surface area contributed by atoms with Crippen LogP contribution in [0.25, 0.3) is 0 Å². The lowest BCUT2D eigenvalue weighted by molar-refractivity contribution is -0.113. The standard InChI is InChI=1S/C9H19F2N/c1-7(2,3)9(10,11)6-8(4,5)12/h6,12H2,1-5H3. The second-order valence-electron chi connectivity index (χ2n) is 5.12. The number of nitrogens with two attached hydrogens (primary N) is 1. The monoisotopic (exact) mass is 179 g/mol. The molecule has 0 amide bonds. The summed E-state index contributed by atoms with van der Waals surface area (Å²) in [6.45, 7) is 7.82. The zero-order valence-corrected chi connectivity index (χ0v) is 8.54. The van der Waals surface area contributed by atoms with Gasteiger partial charge in [0.15, 0.2) is 0 Å². The lowest BCUT2D eigenvalue weighted by atomic mass is 9.81. The normalized spacial score (nSPS) is 15.0. The van der Waals surface area contributed by atoms with E-state index in [0.29, 0.717) is 0 Å². The van der Waals surface area contributed by atoms with Gasteiger partial charge in [-0.25, -0.2) is 8.78 Å². The van der Waals surface area contributed by atoms with E-state index in [0.717, 1.165) is 0 Å². The van der Waals surface area contributed by atoms with Gasteiger partial charge in [0.05, 0.1) is 0 Å². The van der Waals surface area contributed by atoms with Gasteiger partial charge in [-0.05, 0) is 13.8 Å². The molecule has 2 N–H and O–H groups in total. The molecule has 0 atom stereocenters. The van der Waals surface area contributed by atoms with E-state index < -0.39 is 16.9 Å². The zero-order chi connectivity index (χ0) is 10.2. The van der Waals surface area contributed by atoms with Crippen LogP contribution in [0, 0.1) is 5.41 Å². The van der Waals surface area contributed by atoms with Crippen LogP contribution in [0.1, 0.15) is 41.0 Å². The SMILES string of the molecule is CC(C)(N)CC(F)(F)C(C)(C)C. The Kier molecular flexibility index (Phi) is 2.90. The first-order valence-corrected chi connectivity index (χ1v) is 4.12. The van der Waals surface area contributed by atoms with Gasteiger partial charge in [0.1, 0.15) is 0 Å². The molecule has 3 heteroatoms. The molecule has 0 aromatic heterocycles. The molecule has 0 aliphatic heterocycles. The van der Waals surface area contributed by atoms with Gasteiger partial charge in [0.25, 0.3) is 5.92 Å². The molecule has 0 heterocycles. The average Bonchev–Trinajstić information content (AvgIpc) is 1.52. The first-order valence-electron chi connectivity index (χ1n) is 4.12. The third-order valence-corrected chi connectivity index (χ3v) is 1.77. The van der Waals surface area contributed by atoms with Gasteiger partial charge >= 0.3 is 0 Å². The molecule has 1 nitrogen and oxygen atoms in total. The molecule has 74 valence electrons. The van der Waals surface area contributed by atoms with Crippen molar-refractivity contribution < 1.29 is 8.78 Å². The van der Waals surface area contributed by atoms with Gasteiger partial charge in [-0.2, -0.15) is 0 Å². The summed E-state index contributed by atoms with van der Waals surface area (Å²) in [4.78, 5) is 0. The van der Waals surface area contributed by atoms with Crippen molar-refractivity contribution in [3.05, 3.63) is 0 Å². The molecule has 0 rings (SSSR count). The molecule has 0 spiro atoms. The number of rotatable bonds is 2. The summed E-state index contributed by atoms with van der Waals surface area (Å²) in [5.74, 6) is -2.70. The lowest BCUT2D eigenvalue weighted by Gasteiger charge is -2.35. The summed E-state index contributed by atoms with van der Waals surface area (Å²) >= 11 is 0. The highest BCUT2D eigenvalue weighted by Crippen LogP contribution is 2.40. The van der Waals surface area contributed by atoms with Crippen LogP contribution in [0.5, 0.6) is 0 Å². The molecule has 0 aromatic carbocycles. The van der Waals surface area contributed by atoms with Gasteiger partial charge in [-0.3, -0.25) is 0 Å². The molecule has 0 radical (unpaired) electrons. The van der Waals surface area contributed by atoms with E-state index in [1.165, 1.54) is 20.8 Å². The van der Waals surface area contributed by atoms with Gasteiger partial charge in [0.2, 0.25) is 0 Å². The van der Waals surface area contributed by atoms with Crippen LogP contribution in [0.4, 0.5) is 8.78 Å². The third kappa shape index (κ3) is 3.48. The van der Waals surface area contributed by atoms with Crippen molar-refractivity contribution >= 4 is 0 Å². The van der Waals surface area contributed by atoms with Crippen molar-refractivity contribution in [2.24, 2.45) is 11.1 Å². The highest BCUT2D eigenvalue weighted by atomic mass is 19.3. The predicted octanol–water partition coefficient (Wildman–Crippen LogP) is 2.80. The Bertz CT molecular complexity index is 151. The molecule has 0 aromatic rings. The summed E-state index contributed by atoms with van der Waals surface area (Å²) in [7, 11) is 0. The predicted molar refractivity (Wildman–Crippen MR) is 47.3 cm³/mol. The average molecular weight is 179 g/mol. The molecule has 12 heavy (non-hydrogen) atoms.